The number of hydrogen-bond donors (Lipinski definition) is 3. The fourth-order valence-corrected chi connectivity index (χ4v) is 2.37. The van der Waals surface area contributed by atoms with Gasteiger partial charge in [-0.05, 0) is 56.8 Å². The average Bonchev–Trinajstić information content (AvgIpc) is 3.24. The molecule has 2 rings (SSSR count). The molecule has 110 valence electrons. The van der Waals surface area contributed by atoms with Gasteiger partial charge in [0.2, 0.25) is 0 Å². The van der Waals surface area contributed by atoms with Gasteiger partial charge in [-0.25, -0.2) is 4.79 Å². The molecule has 0 aliphatic heterocycles. The Kier molecular flexibility index (Phi) is 5.01. The Bertz CT molecular complexity index is 440. The monoisotopic (exact) mass is 275 g/mol. The first kappa shape index (κ1) is 14.9. The summed E-state index contributed by atoms with van der Waals surface area (Å²) in [4.78, 5) is 11.8. The maximum absolute atomic E-state index is 11.8. The highest BCUT2D eigenvalue weighted by atomic mass is 16.2. The second-order valence-electron chi connectivity index (χ2n) is 5.63. The second kappa shape index (κ2) is 6.75. The van der Waals surface area contributed by atoms with Crippen LogP contribution in [-0.2, 0) is 0 Å². The molecular weight excluding hydrogens is 250 g/mol. The van der Waals surface area contributed by atoms with Crippen LogP contribution in [0.1, 0.15) is 45.2 Å². The molecule has 1 aromatic rings. The van der Waals surface area contributed by atoms with Crippen molar-refractivity contribution in [2.75, 3.05) is 11.9 Å². The van der Waals surface area contributed by atoms with E-state index >= 15 is 0 Å². The predicted molar refractivity (Wildman–Crippen MR) is 82.9 cm³/mol. The van der Waals surface area contributed by atoms with Gasteiger partial charge in [0, 0.05) is 17.8 Å². The summed E-state index contributed by atoms with van der Waals surface area (Å²) in [5, 5.41) is 9.24. The summed E-state index contributed by atoms with van der Waals surface area (Å²) in [7, 11) is 0. The number of anilines is 1. The number of urea groups is 1. The molecule has 1 saturated carbocycles. The topological polar surface area (TPSA) is 53.2 Å². The number of carbonyl (C=O) groups is 1. The first-order valence-corrected chi connectivity index (χ1v) is 7.51. The lowest BCUT2D eigenvalue weighted by Gasteiger charge is -2.15. The van der Waals surface area contributed by atoms with Gasteiger partial charge in [-0.3, -0.25) is 0 Å². The van der Waals surface area contributed by atoms with Gasteiger partial charge in [-0.1, -0.05) is 19.1 Å². The van der Waals surface area contributed by atoms with Crippen LogP contribution in [0.15, 0.2) is 24.3 Å². The maximum atomic E-state index is 11.8. The molecule has 1 aliphatic carbocycles. The van der Waals surface area contributed by atoms with Gasteiger partial charge in [0.05, 0.1) is 0 Å². The minimum absolute atomic E-state index is 0.114. The fraction of sp³-hybridized carbons (Fsp3) is 0.562. The lowest BCUT2D eigenvalue weighted by Crippen LogP contribution is -2.37. The van der Waals surface area contributed by atoms with Crippen molar-refractivity contribution in [3.63, 3.8) is 0 Å². The second-order valence-corrected chi connectivity index (χ2v) is 5.63. The Morgan fingerprint density at radius 2 is 1.90 bits per heavy atom. The highest BCUT2D eigenvalue weighted by Crippen LogP contribution is 2.32. The van der Waals surface area contributed by atoms with Gasteiger partial charge in [-0.15, -0.1) is 0 Å². The summed E-state index contributed by atoms with van der Waals surface area (Å²) in [6.07, 6.45) is 2.47. The third-order valence-electron chi connectivity index (χ3n) is 3.87. The molecular formula is C16H25N3O. The van der Waals surface area contributed by atoms with Crippen LogP contribution in [0.3, 0.4) is 0 Å². The van der Waals surface area contributed by atoms with E-state index in [1.165, 1.54) is 18.4 Å². The largest absolute Gasteiger partial charge is 0.335 e. The van der Waals surface area contributed by atoms with E-state index < -0.39 is 0 Å². The van der Waals surface area contributed by atoms with Crippen molar-refractivity contribution in [1.29, 1.82) is 0 Å². The van der Waals surface area contributed by atoms with Crippen LogP contribution in [0.25, 0.3) is 0 Å². The standard InChI is InChI=1S/C16H25N3O/c1-4-17-11(2)13-7-9-15(10-8-13)19-16(20)18-12(3)14-5-6-14/h7-12,14,17H,4-6H2,1-3H3,(H2,18,19,20). The van der Waals surface area contributed by atoms with Crippen molar-refractivity contribution < 1.29 is 4.79 Å². The summed E-state index contributed by atoms with van der Waals surface area (Å²) in [6.45, 7) is 7.24. The smallest absolute Gasteiger partial charge is 0.319 e. The Morgan fingerprint density at radius 1 is 1.25 bits per heavy atom. The van der Waals surface area contributed by atoms with Crippen LogP contribution in [0, 0.1) is 5.92 Å². The van der Waals surface area contributed by atoms with Crippen molar-refractivity contribution in [3.05, 3.63) is 29.8 Å². The third kappa shape index (κ3) is 4.23. The molecule has 2 amide bonds. The van der Waals surface area contributed by atoms with Crippen LogP contribution < -0.4 is 16.0 Å². The molecule has 0 radical (unpaired) electrons. The molecule has 0 bridgehead atoms. The number of carbonyl (C=O) groups excluding carboxylic acids is 1. The molecule has 0 heterocycles. The van der Waals surface area contributed by atoms with Crippen molar-refractivity contribution in [3.8, 4) is 0 Å². The number of benzene rings is 1. The fourth-order valence-electron chi connectivity index (χ4n) is 2.37. The molecule has 1 aliphatic rings. The van der Waals surface area contributed by atoms with E-state index in [1.807, 2.05) is 24.3 Å². The lowest BCUT2D eigenvalue weighted by atomic mass is 10.1. The molecule has 4 nitrogen and oxygen atoms in total. The normalized spacial score (nSPS) is 17.4. The number of rotatable bonds is 6. The summed E-state index contributed by atoms with van der Waals surface area (Å²) in [6, 6.07) is 8.48. The van der Waals surface area contributed by atoms with E-state index in [0.717, 1.165) is 12.2 Å². The Morgan fingerprint density at radius 3 is 2.45 bits per heavy atom. The summed E-state index contributed by atoms with van der Waals surface area (Å²) < 4.78 is 0. The predicted octanol–water partition coefficient (Wildman–Crippen LogP) is 3.28. The molecule has 0 saturated heterocycles. The van der Waals surface area contributed by atoms with Crippen molar-refractivity contribution in [2.24, 2.45) is 5.92 Å². The highest BCUT2D eigenvalue weighted by molar-refractivity contribution is 5.89. The Hall–Kier alpha value is -1.55. The summed E-state index contributed by atoms with van der Waals surface area (Å²) in [5.74, 6) is 0.670. The number of nitrogens with one attached hydrogen (secondary N) is 3. The first-order valence-electron chi connectivity index (χ1n) is 7.51. The maximum Gasteiger partial charge on any atom is 0.319 e. The number of amides is 2. The van der Waals surface area contributed by atoms with Gasteiger partial charge in [0.1, 0.15) is 0 Å². The minimum Gasteiger partial charge on any atom is -0.335 e. The molecule has 4 heteroatoms. The van der Waals surface area contributed by atoms with Crippen LogP contribution in [0.5, 0.6) is 0 Å². The molecule has 2 unspecified atom stereocenters. The quantitative estimate of drug-likeness (QED) is 0.746. The average molecular weight is 275 g/mol. The summed E-state index contributed by atoms with van der Waals surface area (Å²) in [5.41, 5.74) is 2.06. The van der Waals surface area contributed by atoms with Crippen LogP contribution in [0.2, 0.25) is 0 Å². The zero-order chi connectivity index (χ0) is 14.5. The van der Waals surface area contributed by atoms with Gasteiger partial charge in [0.15, 0.2) is 0 Å². The van der Waals surface area contributed by atoms with Crippen molar-refractivity contribution in [2.45, 2.75) is 45.7 Å². The van der Waals surface area contributed by atoms with Crippen molar-refractivity contribution in [1.82, 2.24) is 10.6 Å². The zero-order valence-corrected chi connectivity index (χ0v) is 12.6. The molecule has 3 N–H and O–H groups in total. The molecule has 1 fully saturated rings. The Labute approximate surface area is 121 Å². The lowest BCUT2D eigenvalue weighted by molar-refractivity contribution is 0.248. The molecule has 1 aromatic carbocycles. The van der Waals surface area contributed by atoms with E-state index in [9.17, 15) is 4.79 Å². The zero-order valence-electron chi connectivity index (χ0n) is 12.6. The van der Waals surface area contributed by atoms with Gasteiger partial charge in [0.25, 0.3) is 0 Å². The number of hydrogen-bond acceptors (Lipinski definition) is 2. The van der Waals surface area contributed by atoms with Crippen LogP contribution in [0.4, 0.5) is 10.5 Å². The van der Waals surface area contributed by atoms with Crippen LogP contribution in [-0.4, -0.2) is 18.6 Å². The van der Waals surface area contributed by atoms with E-state index in [0.29, 0.717) is 12.0 Å². The molecule has 2 atom stereocenters. The van der Waals surface area contributed by atoms with E-state index in [2.05, 4.69) is 36.7 Å². The summed E-state index contributed by atoms with van der Waals surface area (Å²) >= 11 is 0. The minimum atomic E-state index is -0.114. The van der Waals surface area contributed by atoms with E-state index in [1.54, 1.807) is 0 Å². The van der Waals surface area contributed by atoms with Crippen molar-refractivity contribution >= 4 is 11.7 Å². The molecule has 20 heavy (non-hydrogen) atoms. The molecule has 0 aromatic heterocycles. The molecule has 0 spiro atoms. The Balaban J connectivity index is 1.84. The van der Waals surface area contributed by atoms with Gasteiger partial charge in [-0.2, -0.15) is 0 Å². The van der Waals surface area contributed by atoms with E-state index in [4.69, 9.17) is 0 Å². The first-order chi connectivity index (χ1) is 9.60. The third-order valence-corrected chi connectivity index (χ3v) is 3.87. The highest BCUT2D eigenvalue weighted by Gasteiger charge is 2.28. The SMILES string of the molecule is CCNC(C)c1ccc(NC(=O)NC(C)C2CC2)cc1. The van der Waals surface area contributed by atoms with Crippen LogP contribution >= 0.6 is 0 Å². The van der Waals surface area contributed by atoms with Gasteiger partial charge >= 0.3 is 6.03 Å². The van der Waals surface area contributed by atoms with Gasteiger partial charge < -0.3 is 16.0 Å². The van der Waals surface area contributed by atoms with E-state index in [-0.39, 0.29) is 12.1 Å².